The molecular formula is C19H33BrN6O4S. The van der Waals surface area contributed by atoms with Gasteiger partial charge in [0.05, 0.1) is 23.7 Å². The molecule has 0 saturated carbocycles. The lowest BCUT2D eigenvalue weighted by Gasteiger charge is -2.37. The Morgan fingerprint density at radius 3 is 2.68 bits per heavy atom. The van der Waals surface area contributed by atoms with Gasteiger partial charge in [0.1, 0.15) is 6.04 Å². The number of alkyl halides is 1. The second-order valence-corrected chi connectivity index (χ2v) is 10.6. The first-order chi connectivity index (χ1) is 14.7. The summed E-state index contributed by atoms with van der Waals surface area (Å²) in [7, 11) is -0.0275. The molecule has 12 heteroatoms. The number of aliphatic imine (C=N–C) groups is 1. The van der Waals surface area contributed by atoms with E-state index in [1.54, 1.807) is 11.2 Å². The minimum absolute atomic E-state index is 0.0448. The van der Waals surface area contributed by atoms with Crippen molar-refractivity contribution in [2.75, 3.05) is 52.6 Å². The fraction of sp³-hybridized carbons (Fsp3) is 0.684. The summed E-state index contributed by atoms with van der Waals surface area (Å²) < 4.78 is 31.3. The first kappa shape index (κ1) is 25.6. The largest absolute Gasteiger partial charge is 0.469 e. The van der Waals surface area contributed by atoms with Gasteiger partial charge < -0.3 is 26.0 Å². The van der Waals surface area contributed by atoms with Crippen molar-refractivity contribution in [2.24, 2.45) is 10.7 Å². The lowest BCUT2D eigenvalue weighted by molar-refractivity contribution is -0.122. The monoisotopic (exact) mass is 520 g/mol. The van der Waals surface area contributed by atoms with E-state index >= 15 is 0 Å². The van der Waals surface area contributed by atoms with Gasteiger partial charge >= 0.3 is 0 Å². The molecule has 1 amide bonds. The molecule has 1 saturated heterocycles. The number of sulfonamides is 1. The lowest BCUT2D eigenvalue weighted by Crippen LogP contribution is -2.50. The van der Waals surface area contributed by atoms with E-state index in [0.717, 1.165) is 5.70 Å². The number of halogens is 1. The van der Waals surface area contributed by atoms with Crippen LogP contribution in [-0.4, -0.2) is 99.1 Å². The predicted octanol–water partition coefficient (Wildman–Crippen LogP) is -0.405. The number of hydrogen-bond acceptors (Lipinski definition) is 7. The van der Waals surface area contributed by atoms with Gasteiger partial charge in [-0.15, -0.1) is 0 Å². The van der Waals surface area contributed by atoms with Crippen molar-refractivity contribution in [1.82, 2.24) is 19.8 Å². The highest BCUT2D eigenvalue weighted by Crippen LogP contribution is 2.22. The highest BCUT2D eigenvalue weighted by atomic mass is 79.9. The quantitative estimate of drug-likeness (QED) is 0.163. The van der Waals surface area contributed by atoms with Gasteiger partial charge in [-0.2, -0.15) is 4.31 Å². The summed E-state index contributed by atoms with van der Waals surface area (Å²) in [5.74, 6) is -0.109. The fourth-order valence-electron chi connectivity index (χ4n) is 3.35. The molecule has 176 valence electrons. The highest BCUT2D eigenvalue weighted by molar-refractivity contribution is 9.09. The van der Waals surface area contributed by atoms with Crippen molar-refractivity contribution in [3.05, 3.63) is 23.9 Å². The lowest BCUT2D eigenvalue weighted by atomic mass is 10.0. The van der Waals surface area contributed by atoms with Crippen LogP contribution in [0.15, 0.2) is 28.9 Å². The van der Waals surface area contributed by atoms with E-state index in [2.05, 4.69) is 36.5 Å². The number of piperazine rings is 1. The molecule has 4 N–H and O–H groups in total. The number of nitrogens with one attached hydrogen (secondary N) is 2. The Labute approximate surface area is 193 Å². The van der Waals surface area contributed by atoms with Crippen LogP contribution in [0.3, 0.4) is 0 Å². The van der Waals surface area contributed by atoms with Crippen LogP contribution in [0.5, 0.6) is 0 Å². The molecule has 31 heavy (non-hydrogen) atoms. The molecular weight excluding hydrogens is 488 g/mol. The Morgan fingerprint density at radius 2 is 2.06 bits per heavy atom. The van der Waals surface area contributed by atoms with Crippen molar-refractivity contribution in [2.45, 2.75) is 30.3 Å². The van der Waals surface area contributed by atoms with Gasteiger partial charge in [-0.05, 0) is 39.1 Å². The summed E-state index contributed by atoms with van der Waals surface area (Å²) in [6, 6.07) is -0.993. The third-order valence-corrected chi connectivity index (χ3v) is 8.02. The molecule has 0 aromatic rings. The van der Waals surface area contributed by atoms with E-state index in [4.69, 9.17) is 10.5 Å². The Bertz CT molecular complexity index is 808. The van der Waals surface area contributed by atoms with Gasteiger partial charge in [-0.1, -0.05) is 22.0 Å². The topological polar surface area (TPSA) is 129 Å². The van der Waals surface area contributed by atoms with Crippen molar-refractivity contribution in [3.63, 3.8) is 0 Å². The molecule has 0 aromatic heterocycles. The Kier molecular flexibility index (Phi) is 9.79. The molecule has 1 fully saturated rings. The van der Waals surface area contributed by atoms with Crippen molar-refractivity contribution < 1.29 is 17.9 Å². The van der Waals surface area contributed by atoms with Crippen molar-refractivity contribution in [1.29, 1.82) is 0 Å². The molecule has 3 atom stereocenters. The van der Waals surface area contributed by atoms with E-state index in [9.17, 15) is 13.2 Å². The molecule has 1 aliphatic heterocycles. The number of carbonyl (C=O) groups is 1. The summed E-state index contributed by atoms with van der Waals surface area (Å²) in [5.41, 5.74) is 6.49. The van der Waals surface area contributed by atoms with Crippen LogP contribution >= 0.6 is 15.9 Å². The standard InChI is InChI=1S/C19H33BrN6O4S/c1-14(23-19(21)30-3)18(27)24-17-13-15(5-6-16(17)20)25-8-10-26(11-9-25)31(28,29)12-4-7-22-2/h5-6,13-14,16-17,22H,4,7-12H2,1-3H3,(H2,21,23)(H,24,27). The van der Waals surface area contributed by atoms with Gasteiger partial charge in [-0.3, -0.25) is 4.79 Å². The number of methoxy groups -OCH3 is 1. The van der Waals surface area contributed by atoms with Crippen molar-refractivity contribution >= 4 is 37.9 Å². The molecule has 10 nitrogen and oxygen atoms in total. The number of amidine groups is 1. The normalized spacial score (nSPS) is 23.9. The van der Waals surface area contributed by atoms with Crippen LogP contribution in [-0.2, 0) is 19.6 Å². The van der Waals surface area contributed by atoms with Gasteiger partial charge in [0.15, 0.2) is 0 Å². The zero-order valence-electron chi connectivity index (χ0n) is 18.3. The van der Waals surface area contributed by atoms with Crippen LogP contribution in [0.2, 0.25) is 0 Å². The number of nitrogens with zero attached hydrogens (tertiary/aromatic N) is 3. The number of nitrogens with two attached hydrogens (primary N) is 1. The predicted molar refractivity (Wildman–Crippen MR) is 125 cm³/mol. The number of allylic oxidation sites excluding steroid dienone is 1. The van der Waals surface area contributed by atoms with Crippen LogP contribution < -0.4 is 16.4 Å². The van der Waals surface area contributed by atoms with Gasteiger partial charge in [-0.25, -0.2) is 13.4 Å². The SMILES string of the molecule is CNCCCS(=O)(=O)N1CCN(C2=CC(NC(=O)C(C)/N=C(/N)OC)C(Br)C=C2)CC1. The number of hydrogen-bond donors (Lipinski definition) is 3. The highest BCUT2D eigenvalue weighted by Gasteiger charge is 2.29. The van der Waals surface area contributed by atoms with E-state index in [0.29, 0.717) is 39.1 Å². The maximum Gasteiger partial charge on any atom is 0.282 e. The first-order valence-electron chi connectivity index (χ1n) is 10.3. The van der Waals surface area contributed by atoms with E-state index in [-0.39, 0.29) is 28.6 Å². The smallest absolute Gasteiger partial charge is 0.282 e. The molecule has 0 aromatic carbocycles. The molecule has 2 aliphatic rings. The summed E-state index contributed by atoms with van der Waals surface area (Å²) in [4.78, 5) is 18.5. The van der Waals surface area contributed by atoms with Gasteiger partial charge in [0, 0.05) is 31.9 Å². The number of ether oxygens (including phenoxy) is 1. The third kappa shape index (κ3) is 7.48. The minimum atomic E-state index is -3.24. The fourth-order valence-corrected chi connectivity index (χ4v) is 5.27. The van der Waals surface area contributed by atoms with Crippen LogP contribution in [0.1, 0.15) is 13.3 Å². The van der Waals surface area contributed by atoms with Crippen molar-refractivity contribution in [3.8, 4) is 0 Å². The second kappa shape index (κ2) is 11.8. The molecule has 0 bridgehead atoms. The summed E-state index contributed by atoms with van der Waals surface area (Å²) >= 11 is 3.57. The molecule has 0 radical (unpaired) electrons. The molecule has 1 aliphatic carbocycles. The van der Waals surface area contributed by atoms with Crippen LogP contribution in [0.25, 0.3) is 0 Å². The van der Waals surface area contributed by atoms with E-state index < -0.39 is 16.1 Å². The Balaban J connectivity index is 1.96. The average Bonchev–Trinajstić information content (AvgIpc) is 2.75. The maximum atomic E-state index is 12.5. The number of rotatable bonds is 9. The van der Waals surface area contributed by atoms with E-state index in [1.165, 1.54) is 7.11 Å². The van der Waals surface area contributed by atoms with Gasteiger partial charge in [0.2, 0.25) is 15.9 Å². The summed E-state index contributed by atoms with van der Waals surface area (Å²) in [5, 5.41) is 5.93. The number of carbonyl (C=O) groups excluding carboxylic acids is 1. The Morgan fingerprint density at radius 1 is 1.39 bits per heavy atom. The maximum absolute atomic E-state index is 12.5. The molecule has 0 spiro atoms. The zero-order chi connectivity index (χ0) is 23.0. The molecule has 2 rings (SSSR count). The van der Waals surface area contributed by atoms with E-state index in [1.807, 2.05) is 25.3 Å². The summed E-state index contributed by atoms with van der Waals surface area (Å²) in [6.07, 6.45) is 6.53. The third-order valence-electron chi connectivity index (χ3n) is 5.19. The minimum Gasteiger partial charge on any atom is -0.469 e. The Hall–Kier alpha value is -1.63. The zero-order valence-corrected chi connectivity index (χ0v) is 20.7. The molecule has 1 heterocycles. The van der Waals surface area contributed by atoms with Crippen LogP contribution in [0.4, 0.5) is 0 Å². The first-order valence-corrected chi connectivity index (χ1v) is 12.8. The number of amides is 1. The molecule has 3 unspecified atom stereocenters. The average molecular weight is 521 g/mol. The summed E-state index contributed by atoms with van der Waals surface area (Å²) in [6.45, 7) is 4.41. The van der Waals surface area contributed by atoms with Gasteiger partial charge in [0.25, 0.3) is 6.02 Å². The second-order valence-electron chi connectivity index (χ2n) is 7.44. The van der Waals surface area contributed by atoms with Crippen LogP contribution in [0, 0.1) is 0 Å².